The van der Waals surface area contributed by atoms with E-state index in [-0.39, 0.29) is 5.82 Å². The van der Waals surface area contributed by atoms with Crippen LogP contribution in [0.4, 0.5) is 4.39 Å². The van der Waals surface area contributed by atoms with Crippen LogP contribution in [0.25, 0.3) is 11.5 Å². The second-order valence-electron chi connectivity index (χ2n) is 5.30. The fourth-order valence-electron chi connectivity index (χ4n) is 2.34. The third-order valence-corrected chi connectivity index (χ3v) is 3.61. The van der Waals surface area contributed by atoms with Gasteiger partial charge in [0.1, 0.15) is 5.82 Å². The van der Waals surface area contributed by atoms with Gasteiger partial charge >= 0.3 is 0 Å². The van der Waals surface area contributed by atoms with Gasteiger partial charge in [0.05, 0.1) is 6.54 Å². The van der Waals surface area contributed by atoms with Gasteiger partial charge in [-0.1, -0.05) is 37.3 Å². The lowest BCUT2D eigenvalue weighted by molar-refractivity contribution is 0.243. The molecule has 0 aliphatic heterocycles. The van der Waals surface area contributed by atoms with Gasteiger partial charge in [0.2, 0.25) is 11.8 Å². The number of hydrogen-bond acceptors (Lipinski definition) is 4. The summed E-state index contributed by atoms with van der Waals surface area (Å²) in [7, 11) is 0. The average molecular weight is 311 g/mol. The fraction of sp³-hybridized carbons (Fsp3) is 0.222. The number of rotatable bonds is 6. The molecule has 118 valence electrons. The van der Waals surface area contributed by atoms with E-state index in [1.165, 1.54) is 17.7 Å². The minimum atomic E-state index is -0.284. The van der Waals surface area contributed by atoms with Crippen molar-refractivity contribution in [1.82, 2.24) is 15.1 Å². The highest BCUT2D eigenvalue weighted by Gasteiger charge is 2.12. The summed E-state index contributed by atoms with van der Waals surface area (Å²) in [5.74, 6) is 0.686. The minimum absolute atomic E-state index is 0.284. The van der Waals surface area contributed by atoms with Crippen LogP contribution < -0.4 is 0 Å². The molecule has 0 bridgehead atoms. The topological polar surface area (TPSA) is 42.2 Å². The van der Waals surface area contributed by atoms with E-state index in [1.807, 2.05) is 18.2 Å². The van der Waals surface area contributed by atoms with Crippen LogP contribution in [-0.4, -0.2) is 21.6 Å². The van der Waals surface area contributed by atoms with Crippen molar-refractivity contribution in [1.29, 1.82) is 0 Å². The normalized spacial score (nSPS) is 11.1. The first-order chi connectivity index (χ1) is 11.2. The Balaban J connectivity index is 1.68. The van der Waals surface area contributed by atoms with Crippen LogP contribution in [0, 0.1) is 5.82 Å². The van der Waals surface area contributed by atoms with Crippen molar-refractivity contribution in [3.63, 3.8) is 0 Å². The summed E-state index contributed by atoms with van der Waals surface area (Å²) in [6.07, 6.45) is 0. The van der Waals surface area contributed by atoms with Gasteiger partial charge in [0.15, 0.2) is 0 Å². The molecule has 0 unspecified atom stereocenters. The third-order valence-electron chi connectivity index (χ3n) is 3.61. The lowest BCUT2D eigenvalue weighted by atomic mass is 10.2. The summed E-state index contributed by atoms with van der Waals surface area (Å²) in [6, 6.07) is 16.3. The highest BCUT2D eigenvalue weighted by molar-refractivity contribution is 5.51. The zero-order valence-corrected chi connectivity index (χ0v) is 12.9. The summed E-state index contributed by atoms with van der Waals surface area (Å²) in [4.78, 5) is 2.22. The molecule has 0 N–H and O–H groups in total. The molecular weight excluding hydrogens is 293 g/mol. The molecule has 0 aliphatic carbocycles. The zero-order valence-electron chi connectivity index (χ0n) is 12.9. The largest absolute Gasteiger partial charge is 0.419 e. The number of benzene rings is 2. The summed E-state index contributed by atoms with van der Waals surface area (Å²) in [5.41, 5.74) is 1.96. The standard InChI is InChI=1S/C18H18FN3O/c1-2-22(12-14-6-4-3-5-7-14)13-17-20-21-18(23-17)15-8-10-16(19)11-9-15/h3-11H,2,12-13H2,1H3. The molecule has 1 aromatic heterocycles. The zero-order chi connectivity index (χ0) is 16.1. The highest BCUT2D eigenvalue weighted by atomic mass is 19.1. The van der Waals surface area contributed by atoms with Gasteiger partial charge < -0.3 is 4.42 Å². The van der Waals surface area contributed by atoms with Gasteiger partial charge in [-0.25, -0.2) is 4.39 Å². The Morgan fingerprint density at radius 2 is 1.70 bits per heavy atom. The Morgan fingerprint density at radius 1 is 0.957 bits per heavy atom. The van der Waals surface area contributed by atoms with E-state index in [9.17, 15) is 4.39 Å². The molecule has 3 aromatic rings. The van der Waals surface area contributed by atoms with Crippen LogP contribution >= 0.6 is 0 Å². The Kier molecular flexibility index (Phi) is 4.78. The molecule has 0 fully saturated rings. The van der Waals surface area contributed by atoms with E-state index in [2.05, 4.69) is 34.2 Å². The molecular formula is C18H18FN3O. The molecule has 4 nitrogen and oxygen atoms in total. The minimum Gasteiger partial charge on any atom is -0.419 e. The van der Waals surface area contributed by atoms with E-state index in [4.69, 9.17) is 4.42 Å². The molecule has 3 rings (SSSR count). The van der Waals surface area contributed by atoms with E-state index in [0.29, 0.717) is 18.3 Å². The summed E-state index contributed by atoms with van der Waals surface area (Å²) >= 11 is 0. The van der Waals surface area contributed by atoms with Crippen LogP contribution in [0.15, 0.2) is 59.0 Å². The van der Waals surface area contributed by atoms with Crippen LogP contribution in [0.3, 0.4) is 0 Å². The Hall–Kier alpha value is -2.53. The quantitative estimate of drug-likeness (QED) is 0.692. The van der Waals surface area contributed by atoms with Crippen LogP contribution in [-0.2, 0) is 13.1 Å². The third kappa shape index (κ3) is 4.02. The molecule has 0 amide bonds. The number of aromatic nitrogens is 2. The first-order valence-corrected chi connectivity index (χ1v) is 7.59. The summed E-state index contributed by atoms with van der Waals surface area (Å²) in [5, 5.41) is 8.14. The smallest absolute Gasteiger partial charge is 0.247 e. The van der Waals surface area contributed by atoms with E-state index < -0.39 is 0 Å². The van der Waals surface area contributed by atoms with Gasteiger partial charge in [-0.3, -0.25) is 4.90 Å². The molecule has 2 aromatic carbocycles. The van der Waals surface area contributed by atoms with Gasteiger partial charge in [0, 0.05) is 12.1 Å². The van der Waals surface area contributed by atoms with Crippen molar-refractivity contribution in [2.24, 2.45) is 0 Å². The maximum Gasteiger partial charge on any atom is 0.247 e. The summed E-state index contributed by atoms with van der Waals surface area (Å²) in [6.45, 7) is 4.38. The molecule has 0 saturated carbocycles. The van der Waals surface area contributed by atoms with Crippen molar-refractivity contribution in [3.05, 3.63) is 71.9 Å². The van der Waals surface area contributed by atoms with Gasteiger partial charge in [-0.2, -0.15) is 0 Å². The van der Waals surface area contributed by atoms with Crippen LogP contribution in [0.2, 0.25) is 0 Å². The molecule has 0 radical (unpaired) electrons. The predicted octanol–water partition coefficient (Wildman–Crippen LogP) is 3.90. The van der Waals surface area contributed by atoms with E-state index >= 15 is 0 Å². The highest BCUT2D eigenvalue weighted by Crippen LogP contribution is 2.19. The molecule has 0 aliphatic rings. The Labute approximate surface area is 134 Å². The van der Waals surface area contributed by atoms with Crippen molar-refractivity contribution < 1.29 is 8.81 Å². The second kappa shape index (κ2) is 7.15. The second-order valence-corrected chi connectivity index (χ2v) is 5.30. The van der Waals surface area contributed by atoms with Crippen molar-refractivity contribution in [3.8, 4) is 11.5 Å². The average Bonchev–Trinajstić information content (AvgIpc) is 3.04. The number of halogens is 1. The maximum absolute atomic E-state index is 13.0. The lowest BCUT2D eigenvalue weighted by Gasteiger charge is -2.18. The van der Waals surface area contributed by atoms with Crippen molar-refractivity contribution in [2.75, 3.05) is 6.54 Å². The Morgan fingerprint density at radius 3 is 2.39 bits per heavy atom. The van der Waals surface area contributed by atoms with Crippen molar-refractivity contribution >= 4 is 0 Å². The molecule has 0 spiro atoms. The van der Waals surface area contributed by atoms with Gasteiger partial charge in [-0.15, -0.1) is 10.2 Å². The fourth-order valence-corrected chi connectivity index (χ4v) is 2.34. The first-order valence-electron chi connectivity index (χ1n) is 7.59. The lowest BCUT2D eigenvalue weighted by Crippen LogP contribution is -2.22. The number of nitrogens with zero attached hydrogens (tertiary/aromatic N) is 3. The molecule has 0 saturated heterocycles. The number of hydrogen-bond donors (Lipinski definition) is 0. The van der Waals surface area contributed by atoms with Gasteiger partial charge in [-0.05, 0) is 36.4 Å². The SMILES string of the molecule is CCN(Cc1ccccc1)Cc1nnc(-c2ccc(F)cc2)o1. The molecule has 23 heavy (non-hydrogen) atoms. The first kappa shape index (κ1) is 15.4. The molecule has 0 atom stereocenters. The molecule has 5 heteroatoms. The van der Waals surface area contributed by atoms with Crippen molar-refractivity contribution in [2.45, 2.75) is 20.0 Å². The summed E-state index contributed by atoms with van der Waals surface area (Å²) < 4.78 is 18.7. The van der Waals surface area contributed by atoms with Crippen LogP contribution in [0.1, 0.15) is 18.4 Å². The molecule has 1 heterocycles. The Bertz CT molecular complexity index is 740. The maximum atomic E-state index is 13.0. The predicted molar refractivity (Wildman–Crippen MR) is 85.9 cm³/mol. The monoisotopic (exact) mass is 311 g/mol. The van der Waals surface area contributed by atoms with E-state index in [0.717, 1.165) is 18.7 Å². The van der Waals surface area contributed by atoms with Crippen LogP contribution in [0.5, 0.6) is 0 Å². The van der Waals surface area contributed by atoms with Gasteiger partial charge in [0.25, 0.3) is 0 Å². The van der Waals surface area contributed by atoms with E-state index in [1.54, 1.807) is 12.1 Å².